The molecule has 1 saturated heterocycles. The van der Waals surface area contributed by atoms with Crippen molar-refractivity contribution in [3.05, 3.63) is 48.2 Å². The van der Waals surface area contributed by atoms with Gasteiger partial charge >= 0.3 is 0 Å². The number of carbonyl (C=O) groups excluding carboxylic acids is 1. The van der Waals surface area contributed by atoms with Gasteiger partial charge in [-0.25, -0.2) is 4.98 Å². The summed E-state index contributed by atoms with van der Waals surface area (Å²) in [6.07, 6.45) is 3.13. The summed E-state index contributed by atoms with van der Waals surface area (Å²) in [7, 11) is 1.63. The first-order chi connectivity index (χ1) is 12.6. The predicted octanol–water partition coefficient (Wildman–Crippen LogP) is 3.14. The molecule has 0 atom stereocenters. The molecule has 2 N–H and O–H groups in total. The molecule has 3 rings (SSSR count). The maximum Gasteiger partial charge on any atom is 0.233 e. The maximum atomic E-state index is 12.8. The number of aryl methyl sites for hydroxylation is 1. The standard InChI is InChI=1S/C20H25N3O3/c1-15-3-6-17(7-4-15)26-18-8-5-16(13-22-18)23-19(24)20(14-25-2)9-11-21-12-10-20/h3-8,13,21H,9-12,14H2,1-2H3,(H,23,24). The van der Waals surface area contributed by atoms with Crippen LogP contribution < -0.4 is 15.4 Å². The number of nitrogens with one attached hydrogen (secondary N) is 2. The molecule has 1 amide bonds. The van der Waals surface area contributed by atoms with Crippen LogP contribution in [0.5, 0.6) is 11.6 Å². The van der Waals surface area contributed by atoms with Crippen LogP contribution in [0.2, 0.25) is 0 Å². The molecule has 0 unspecified atom stereocenters. The highest BCUT2D eigenvalue weighted by atomic mass is 16.5. The summed E-state index contributed by atoms with van der Waals surface area (Å²) >= 11 is 0. The molecule has 6 nitrogen and oxygen atoms in total. The van der Waals surface area contributed by atoms with Crippen molar-refractivity contribution in [2.75, 3.05) is 32.1 Å². The Labute approximate surface area is 153 Å². The first kappa shape index (κ1) is 18.4. The van der Waals surface area contributed by atoms with E-state index >= 15 is 0 Å². The number of pyridine rings is 1. The van der Waals surface area contributed by atoms with Gasteiger partial charge in [-0.1, -0.05) is 17.7 Å². The number of methoxy groups -OCH3 is 1. The van der Waals surface area contributed by atoms with Gasteiger partial charge in [-0.3, -0.25) is 4.79 Å². The molecule has 2 heterocycles. The highest BCUT2D eigenvalue weighted by molar-refractivity contribution is 5.95. The van der Waals surface area contributed by atoms with Crippen molar-refractivity contribution in [2.24, 2.45) is 5.41 Å². The number of nitrogens with zero attached hydrogens (tertiary/aromatic N) is 1. The first-order valence-electron chi connectivity index (χ1n) is 8.83. The largest absolute Gasteiger partial charge is 0.439 e. The number of benzene rings is 1. The Bertz CT molecular complexity index is 717. The second-order valence-corrected chi connectivity index (χ2v) is 6.72. The van der Waals surface area contributed by atoms with Gasteiger partial charge in [0.1, 0.15) is 5.75 Å². The van der Waals surface area contributed by atoms with Crippen LogP contribution in [0.15, 0.2) is 42.6 Å². The van der Waals surface area contributed by atoms with E-state index in [1.807, 2.05) is 31.2 Å². The van der Waals surface area contributed by atoms with Crippen molar-refractivity contribution in [1.82, 2.24) is 10.3 Å². The highest BCUT2D eigenvalue weighted by Crippen LogP contribution is 2.31. The van der Waals surface area contributed by atoms with Crippen LogP contribution in [-0.4, -0.2) is 37.7 Å². The van der Waals surface area contributed by atoms with Gasteiger partial charge in [0.15, 0.2) is 0 Å². The lowest BCUT2D eigenvalue weighted by atomic mass is 9.78. The van der Waals surface area contributed by atoms with Crippen molar-refractivity contribution in [1.29, 1.82) is 0 Å². The van der Waals surface area contributed by atoms with Gasteiger partial charge in [0, 0.05) is 13.2 Å². The van der Waals surface area contributed by atoms with Crippen LogP contribution in [0.1, 0.15) is 18.4 Å². The topological polar surface area (TPSA) is 72.5 Å². The second-order valence-electron chi connectivity index (χ2n) is 6.72. The van der Waals surface area contributed by atoms with Crippen molar-refractivity contribution >= 4 is 11.6 Å². The predicted molar refractivity (Wildman–Crippen MR) is 101 cm³/mol. The number of hydrogen-bond acceptors (Lipinski definition) is 5. The summed E-state index contributed by atoms with van der Waals surface area (Å²) in [4.78, 5) is 17.1. The third-order valence-electron chi connectivity index (χ3n) is 4.70. The number of hydrogen-bond donors (Lipinski definition) is 2. The van der Waals surface area contributed by atoms with Gasteiger partial charge in [-0.15, -0.1) is 0 Å². The lowest BCUT2D eigenvalue weighted by Gasteiger charge is -2.35. The Kier molecular flexibility index (Phi) is 5.85. The third-order valence-corrected chi connectivity index (χ3v) is 4.70. The second kappa shape index (κ2) is 8.29. The van der Waals surface area contributed by atoms with Gasteiger partial charge in [0.05, 0.1) is 23.9 Å². The molecule has 0 saturated carbocycles. The average molecular weight is 355 g/mol. The molecule has 0 aliphatic carbocycles. The van der Waals surface area contributed by atoms with Gasteiger partial charge in [0.25, 0.3) is 0 Å². The monoisotopic (exact) mass is 355 g/mol. The number of carbonyl (C=O) groups is 1. The van der Waals surface area contributed by atoms with Crippen molar-refractivity contribution in [3.63, 3.8) is 0 Å². The van der Waals surface area contributed by atoms with E-state index in [1.165, 1.54) is 5.56 Å². The summed E-state index contributed by atoms with van der Waals surface area (Å²) in [6.45, 7) is 4.08. The van der Waals surface area contributed by atoms with Crippen LogP contribution in [0.25, 0.3) is 0 Å². The summed E-state index contributed by atoms with van der Waals surface area (Å²) in [6, 6.07) is 11.3. The van der Waals surface area contributed by atoms with Crippen LogP contribution >= 0.6 is 0 Å². The number of amides is 1. The molecule has 138 valence electrons. The molecule has 0 spiro atoms. The number of piperidine rings is 1. The minimum absolute atomic E-state index is 0.0187. The zero-order chi connectivity index (χ0) is 18.4. The summed E-state index contributed by atoms with van der Waals surface area (Å²) < 4.78 is 11.0. The zero-order valence-corrected chi connectivity index (χ0v) is 15.2. The van der Waals surface area contributed by atoms with Gasteiger partial charge in [-0.2, -0.15) is 0 Å². The van der Waals surface area contributed by atoms with Gasteiger partial charge in [0.2, 0.25) is 11.8 Å². The number of rotatable bonds is 6. The molecule has 1 aromatic heterocycles. The zero-order valence-electron chi connectivity index (χ0n) is 15.2. The lowest BCUT2D eigenvalue weighted by Crippen LogP contribution is -2.47. The molecular formula is C20H25N3O3. The molecule has 2 aromatic rings. The van der Waals surface area contributed by atoms with E-state index in [2.05, 4.69) is 15.6 Å². The summed E-state index contributed by atoms with van der Waals surface area (Å²) in [5, 5.41) is 6.26. The van der Waals surface area contributed by atoms with Crippen LogP contribution in [-0.2, 0) is 9.53 Å². The van der Waals surface area contributed by atoms with Crippen LogP contribution in [0.4, 0.5) is 5.69 Å². The highest BCUT2D eigenvalue weighted by Gasteiger charge is 2.39. The fourth-order valence-corrected chi connectivity index (χ4v) is 3.12. The van der Waals surface area contributed by atoms with Crippen LogP contribution in [0.3, 0.4) is 0 Å². The van der Waals surface area contributed by atoms with Gasteiger partial charge < -0.3 is 20.1 Å². The van der Waals surface area contributed by atoms with E-state index < -0.39 is 5.41 Å². The number of aromatic nitrogens is 1. The maximum absolute atomic E-state index is 12.8. The molecule has 0 radical (unpaired) electrons. The van der Waals surface area contributed by atoms with Crippen molar-refractivity contribution in [3.8, 4) is 11.6 Å². The first-order valence-corrected chi connectivity index (χ1v) is 8.83. The van der Waals surface area contributed by atoms with Crippen molar-refractivity contribution in [2.45, 2.75) is 19.8 Å². The Morgan fingerprint density at radius 3 is 2.54 bits per heavy atom. The van der Waals surface area contributed by atoms with E-state index in [1.54, 1.807) is 25.4 Å². The normalized spacial score (nSPS) is 16.1. The SMILES string of the molecule is COCC1(C(=O)Nc2ccc(Oc3ccc(C)cc3)nc2)CCNCC1. The quantitative estimate of drug-likeness (QED) is 0.833. The van der Waals surface area contributed by atoms with Crippen molar-refractivity contribution < 1.29 is 14.3 Å². The van der Waals surface area contributed by atoms with Crippen LogP contribution in [0, 0.1) is 12.3 Å². The molecule has 1 aromatic carbocycles. The van der Waals surface area contributed by atoms with E-state index in [0.29, 0.717) is 18.2 Å². The molecular weight excluding hydrogens is 330 g/mol. The summed E-state index contributed by atoms with van der Waals surface area (Å²) in [5.74, 6) is 1.20. The molecule has 1 aliphatic rings. The Hall–Kier alpha value is -2.44. The summed E-state index contributed by atoms with van der Waals surface area (Å²) in [5.41, 5.74) is 1.34. The minimum Gasteiger partial charge on any atom is -0.439 e. The smallest absolute Gasteiger partial charge is 0.233 e. The lowest BCUT2D eigenvalue weighted by molar-refractivity contribution is -0.130. The molecule has 26 heavy (non-hydrogen) atoms. The van der Waals surface area contributed by atoms with E-state index in [0.717, 1.165) is 31.7 Å². The van der Waals surface area contributed by atoms with E-state index in [-0.39, 0.29) is 5.91 Å². The molecule has 0 bridgehead atoms. The number of anilines is 1. The van der Waals surface area contributed by atoms with Gasteiger partial charge in [-0.05, 0) is 51.1 Å². The molecule has 6 heteroatoms. The fourth-order valence-electron chi connectivity index (χ4n) is 3.12. The Balaban J connectivity index is 1.64. The fraction of sp³-hybridized carbons (Fsp3) is 0.400. The minimum atomic E-state index is -0.489. The van der Waals surface area contributed by atoms with E-state index in [4.69, 9.17) is 9.47 Å². The average Bonchev–Trinajstić information content (AvgIpc) is 2.66. The Morgan fingerprint density at radius 1 is 1.19 bits per heavy atom. The molecule has 1 aliphatic heterocycles. The molecule has 1 fully saturated rings. The number of ether oxygens (including phenoxy) is 2. The Morgan fingerprint density at radius 2 is 1.92 bits per heavy atom. The van der Waals surface area contributed by atoms with E-state index in [9.17, 15) is 4.79 Å². The third kappa shape index (κ3) is 4.39.